The van der Waals surface area contributed by atoms with Gasteiger partial charge in [-0.3, -0.25) is 5.32 Å². The van der Waals surface area contributed by atoms with Crippen LogP contribution in [0.4, 0.5) is 13.2 Å². The van der Waals surface area contributed by atoms with Gasteiger partial charge < -0.3 is 4.74 Å². The third-order valence-corrected chi connectivity index (χ3v) is 2.91. The Balaban J connectivity index is 2.59. The summed E-state index contributed by atoms with van der Waals surface area (Å²) >= 11 is 0. The van der Waals surface area contributed by atoms with Crippen molar-refractivity contribution < 1.29 is 17.9 Å². The first-order valence-corrected chi connectivity index (χ1v) is 5.75. The predicted octanol–water partition coefficient (Wildman–Crippen LogP) is 2.38. The maximum absolute atomic E-state index is 12.2. The number of ether oxygens (including phenoxy) is 1. The molecule has 0 aromatic heterocycles. The molecular weight excluding hydrogens is 233 g/mol. The lowest BCUT2D eigenvalue weighted by atomic mass is 9.86. The highest BCUT2D eigenvalue weighted by atomic mass is 19.4. The quantitative estimate of drug-likeness (QED) is 0.833. The summed E-state index contributed by atoms with van der Waals surface area (Å²) in [5, 5.41) is 11.4. The Morgan fingerprint density at radius 1 is 1.53 bits per heavy atom. The molecule has 0 saturated carbocycles. The zero-order valence-electron chi connectivity index (χ0n) is 9.81. The van der Waals surface area contributed by atoms with Gasteiger partial charge in [0.15, 0.2) is 0 Å². The van der Waals surface area contributed by atoms with Crippen molar-refractivity contribution in [2.75, 3.05) is 13.2 Å². The van der Waals surface area contributed by atoms with Crippen LogP contribution in [0.5, 0.6) is 0 Å². The fraction of sp³-hybridized carbons (Fsp3) is 0.909. The van der Waals surface area contributed by atoms with E-state index in [0.29, 0.717) is 19.4 Å². The second kappa shape index (κ2) is 5.69. The van der Waals surface area contributed by atoms with Crippen molar-refractivity contribution in [1.82, 2.24) is 5.32 Å². The lowest BCUT2D eigenvalue weighted by Gasteiger charge is -2.36. The van der Waals surface area contributed by atoms with Gasteiger partial charge in [-0.1, -0.05) is 13.3 Å². The Morgan fingerprint density at radius 3 is 2.76 bits per heavy atom. The fourth-order valence-electron chi connectivity index (χ4n) is 2.03. The summed E-state index contributed by atoms with van der Waals surface area (Å²) in [6.45, 7) is 1.19. The Hall–Kier alpha value is -0.800. The molecule has 17 heavy (non-hydrogen) atoms. The lowest BCUT2D eigenvalue weighted by Crippen LogP contribution is -2.53. The molecule has 1 rings (SSSR count). The van der Waals surface area contributed by atoms with Crippen LogP contribution in [0.15, 0.2) is 0 Å². The topological polar surface area (TPSA) is 45.0 Å². The van der Waals surface area contributed by atoms with Gasteiger partial charge in [0.25, 0.3) is 0 Å². The van der Waals surface area contributed by atoms with Gasteiger partial charge in [-0.25, -0.2) is 0 Å². The lowest BCUT2D eigenvalue weighted by molar-refractivity contribution is -0.131. The maximum atomic E-state index is 12.2. The first-order chi connectivity index (χ1) is 7.91. The molecule has 2 atom stereocenters. The molecular formula is C11H17F3N2O. The van der Waals surface area contributed by atoms with Crippen LogP contribution in [0.2, 0.25) is 0 Å². The summed E-state index contributed by atoms with van der Waals surface area (Å²) < 4.78 is 41.9. The summed E-state index contributed by atoms with van der Waals surface area (Å²) in [5.41, 5.74) is -1.09. The molecule has 1 aliphatic heterocycles. The van der Waals surface area contributed by atoms with Crippen molar-refractivity contribution in [3.63, 3.8) is 0 Å². The van der Waals surface area contributed by atoms with Gasteiger partial charge in [0.05, 0.1) is 18.7 Å². The molecule has 98 valence electrons. The van der Waals surface area contributed by atoms with Gasteiger partial charge in [-0.2, -0.15) is 18.4 Å². The minimum atomic E-state index is -4.29. The van der Waals surface area contributed by atoms with E-state index in [9.17, 15) is 13.2 Å². The SMILES string of the molecule is CCCC1CC(C#N)(NCC(F)(F)F)CCO1. The Morgan fingerprint density at radius 2 is 2.24 bits per heavy atom. The Kier molecular flexibility index (Phi) is 4.78. The molecule has 2 unspecified atom stereocenters. The van der Waals surface area contributed by atoms with E-state index in [4.69, 9.17) is 10.00 Å². The van der Waals surface area contributed by atoms with Crippen molar-refractivity contribution in [2.45, 2.75) is 50.4 Å². The standard InChI is InChI=1S/C11H17F3N2O/c1-2-3-9-6-10(7-15,4-5-17-9)16-8-11(12,13)14/h9,16H,2-6,8H2,1H3. The van der Waals surface area contributed by atoms with Gasteiger partial charge in [-0.05, 0) is 6.42 Å². The van der Waals surface area contributed by atoms with E-state index in [1.807, 2.05) is 13.0 Å². The molecule has 3 nitrogen and oxygen atoms in total. The zero-order valence-corrected chi connectivity index (χ0v) is 9.81. The molecule has 0 spiro atoms. The zero-order chi connectivity index (χ0) is 12.9. The van der Waals surface area contributed by atoms with Crippen molar-refractivity contribution in [3.8, 4) is 6.07 Å². The molecule has 6 heteroatoms. The third-order valence-electron chi connectivity index (χ3n) is 2.91. The van der Waals surface area contributed by atoms with Crippen molar-refractivity contribution in [1.29, 1.82) is 5.26 Å². The minimum absolute atomic E-state index is 0.117. The summed E-state index contributed by atoms with van der Waals surface area (Å²) in [4.78, 5) is 0. The molecule has 1 aliphatic rings. The molecule has 1 fully saturated rings. The van der Waals surface area contributed by atoms with Crippen molar-refractivity contribution >= 4 is 0 Å². The van der Waals surface area contributed by atoms with Crippen LogP contribution < -0.4 is 5.32 Å². The number of hydrogen-bond donors (Lipinski definition) is 1. The van der Waals surface area contributed by atoms with Crippen LogP contribution in [0.25, 0.3) is 0 Å². The van der Waals surface area contributed by atoms with E-state index in [1.165, 1.54) is 0 Å². The second-order valence-electron chi connectivity index (χ2n) is 4.40. The summed E-state index contributed by atoms with van der Waals surface area (Å²) in [6, 6.07) is 1.99. The number of halogens is 3. The van der Waals surface area contributed by atoms with E-state index in [1.54, 1.807) is 0 Å². The highest BCUT2D eigenvalue weighted by Crippen LogP contribution is 2.27. The second-order valence-corrected chi connectivity index (χ2v) is 4.40. The van der Waals surface area contributed by atoms with Crippen LogP contribution in [0, 0.1) is 11.3 Å². The smallest absolute Gasteiger partial charge is 0.378 e. The van der Waals surface area contributed by atoms with Crippen LogP contribution in [-0.2, 0) is 4.74 Å². The van der Waals surface area contributed by atoms with Gasteiger partial charge >= 0.3 is 6.18 Å². The molecule has 0 bridgehead atoms. The van der Waals surface area contributed by atoms with E-state index in [2.05, 4.69) is 5.32 Å². The van der Waals surface area contributed by atoms with Crippen LogP contribution in [0.1, 0.15) is 32.6 Å². The first-order valence-electron chi connectivity index (χ1n) is 5.75. The van der Waals surface area contributed by atoms with Crippen LogP contribution in [-0.4, -0.2) is 31.0 Å². The van der Waals surface area contributed by atoms with E-state index in [0.717, 1.165) is 12.8 Å². The molecule has 0 aromatic rings. The average Bonchev–Trinajstić information content (AvgIpc) is 2.27. The van der Waals surface area contributed by atoms with Gasteiger partial charge in [-0.15, -0.1) is 0 Å². The average molecular weight is 250 g/mol. The molecule has 1 N–H and O–H groups in total. The van der Waals surface area contributed by atoms with Crippen LogP contribution in [0.3, 0.4) is 0 Å². The monoisotopic (exact) mass is 250 g/mol. The molecule has 0 radical (unpaired) electrons. The maximum Gasteiger partial charge on any atom is 0.401 e. The van der Waals surface area contributed by atoms with Crippen LogP contribution >= 0.6 is 0 Å². The molecule has 0 aliphatic carbocycles. The normalized spacial score (nSPS) is 29.9. The number of nitriles is 1. The summed E-state index contributed by atoms with van der Waals surface area (Å²) in [6.07, 6.45) is -2.10. The fourth-order valence-corrected chi connectivity index (χ4v) is 2.03. The molecule has 0 amide bonds. The number of nitrogens with one attached hydrogen (secondary N) is 1. The highest BCUT2D eigenvalue weighted by Gasteiger charge is 2.40. The Bertz CT molecular complexity index is 285. The third kappa shape index (κ3) is 4.52. The minimum Gasteiger partial charge on any atom is -0.378 e. The van der Waals surface area contributed by atoms with Gasteiger partial charge in [0.2, 0.25) is 0 Å². The number of nitrogens with zero attached hydrogens (tertiary/aromatic N) is 1. The van der Waals surface area contributed by atoms with Gasteiger partial charge in [0, 0.05) is 19.4 Å². The van der Waals surface area contributed by atoms with Gasteiger partial charge in [0.1, 0.15) is 5.54 Å². The number of rotatable bonds is 4. The van der Waals surface area contributed by atoms with E-state index in [-0.39, 0.29) is 6.10 Å². The van der Waals surface area contributed by atoms with E-state index >= 15 is 0 Å². The summed E-state index contributed by atoms with van der Waals surface area (Å²) in [5.74, 6) is 0. The molecule has 1 heterocycles. The molecule has 0 aromatic carbocycles. The Labute approximate surface area is 98.9 Å². The largest absolute Gasteiger partial charge is 0.401 e. The van der Waals surface area contributed by atoms with Crippen molar-refractivity contribution in [3.05, 3.63) is 0 Å². The number of hydrogen-bond acceptors (Lipinski definition) is 3. The predicted molar refractivity (Wildman–Crippen MR) is 56.3 cm³/mol. The highest BCUT2D eigenvalue weighted by molar-refractivity contribution is 5.10. The summed E-state index contributed by atoms with van der Waals surface area (Å²) in [7, 11) is 0. The van der Waals surface area contributed by atoms with Crippen molar-refractivity contribution in [2.24, 2.45) is 0 Å². The first kappa shape index (κ1) is 14.3. The van der Waals surface area contributed by atoms with E-state index < -0.39 is 18.3 Å². The number of alkyl halides is 3. The molecule has 1 saturated heterocycles.